The summed E-state index contributed by atoms with van der Waals surface area (Å²) in [5, 5.41) is 9.67. The number of carbonyl (C=O) groups excluding carboxylic acids is 1. The van der Waals surface area contributed by atoms with Crippen LogP contribution >= 0.6 is 0 Å². The fourth-order valence-electron chi connectivity index (χ4n) is 1.58. The van der Waals surface area contributed by atoms with Gasteiger partial charge in [0.1, 0.15) is 17.1 Å². The molecule has 0 aliphatic heterocycles. The van der Waals surface area contributed by atoms with Crippen LogP contribution in [-0.2, 0) is 11.2 Å². The molecule has 0 aliphatic carbocycles. The average Bonchev–Trinajstić information content (AvgIpc) is 2.29. The molecule has 5 nitrogen and oxygen atoms in total. The molecule has 0 amide bonds. The Balaban J connectivity index is 3.22. The van der Waals surface area contributed by atoms with E-state index in [1.54, 1.807) is 6.07 Å². The molecule has 0 fully saturated rings. The molecular formula is C12H17NO4. The number of hydrogen-bond acceptors (Lipinski definition) is 5. The van der Waals surface area contributed by atoms with E-state index in [-0.39, 0.29) is 17.4 Å². The second-order valence-electron chi connectivity index (χ2n) is 3.85. The molecule has 0 heterocycles. The highest BCUT2D eigenvalue weighted by Gasteiger charge is 2.16. The number of benzene rings is 1. The molecule has 0 bridgehead atoms. The van der Waals surface area contributed by atoms with Crippen LogP contribution in [0.3, 0.4) is 0 Å². The third-order valence-electron chi connectivity index (χ3n) is 2.35. The fraction of sp³-hybridized carbons (Fsp3) is 0.417. The lowest BCUT2D eigenvalue weighted by Gasteiger charge is -2.13. The van der Waals surface area contributed by atoms with E-state index in [4.69, 9.17) is 10.5 Å². The van der Waals surface area contributed by atoms with E-state index in [0.717, 1.165) is 5.56 Å². The van der Waals surface area contributed by atoms with Gasteiger partial charge >= 0.3 is 5.97 Å². The lowest BCUT2D eigenvalue weighted by Crippen LogP contribution is -2.18. The Morgan fingerprint density at radius 2 is 2.12 bits per heavy atom. The molecule has 0 spiro atoms. The van der Waals surface area contributed by atoms with E-state index in [1.807, 2.05) is 6.92 Å². The number of esters is 1. The van der Waals surface area contributed by atoms with Crippen LogP contribution in [-0.4, -0.2) is 31.3 Å². The average molecular weight is 239 g/mol. The quantitative estimate of drug-likeness (QED) is 0.768. The van der Waals surface area contributed by atoms with E-state index in [0.29, 0.717) is 12.2 Å². The van der Waals surface area contributed by atoms with Gasteiger partial charge in [-0.15, -0.1) is 0 Å². The molecule has 0 aliphatic rings. The van der Waals surface area contributed by atoms with Gasteiger partial charge in [0.05, 0.1) is 14.2 Å². The first-order valence-electron chi connectivity index (χ1n) is 5.23. The molecule has 5 heteroatoms. The van der Waals surface area contributed by atoms with E-state index >= 15 is 0 Å². The summed E-state index contributed by atoms with van der Waals surface area (Å²) in [6, 6.07) is 2.87. The predicted octanol–water partition coefficient (Wildman–Crippen LogP) is 1.08. The molecule has 1 atom stereocenters. The molecule has 0 radical (unpaired) electrons. The summed E-state index contributed by atoms with van der Waals surface area (Å²) in [5.41, 5.74) is 6.59. The Morgan fingerprint density at radius 3 is 2.59 bits per heavy atom. The zero-order valence-corrected chi connectivity index (χ0v) is 10.2. The molecule has 1 rings (SSSR count). The Kier molecular flexibility index (Phi) is 4.34. The zero-order chi connectivity index (χ0) is 13.0. The minimum absolute atomic E-state index is 0.0704. The van der Waals surface area contributed by atoms with Crippen molar-refractivity contribution in [3.05, 3.63) is 23.3 Å². The van der Waals surface area contributed by atoms with Crippen molar-refractivity contribution in [3.8, 4) is 11.5 Å². The second kappa shape index (κ2) is 5.54. The Bertz CT molecular complexity index is 415. The van der Waals surface area contributed by atoms with Crippen LogP contribution < -0.4 is 10.5 Å². The van der Waals surface area contributed by atoms with Gasteiger partial charge in [-0.2, -0.15) is 0 Å². The third-order valence-corrected chi connectivity index (χ3v) is 2.35. The number of aromatic hydroxyl groups is 1. The van der Waals surface area contributed by atoms with Gasteiger partial charge in [0.25, 0.3) is 0 Å². The maximum Gasteiger partial charge on any atom is 0.341 e. The first-order chi connectivity index (χ1) is 7.99. The summed E-state index contributed by atoms with van der Waals surface area (Å²) in [4.78, 5) is 11.4. The van der Waals surface area contributed by atoms with Crippen molar-refractivity contribution in [3.63, 3.8) is 0 Å². The van der Waals surface area contributed by atoms with Crippen molar-refractivity contribution >= 4 is 5.97 Å². The lowest BCUT2D eigenvalue weighted by molar-refractivity contribution is 0.0597. The molecule has 3 N–H and O–H groups in total. The molecular weight excluding hydrogens is 222 g/mol. The maximum atomic E-state index is 11.4. The number of ether oxygens (including phenoxy) is 2. The standard InChI is InChI=1S/C12H17NO4/c1-7(13)4-8-5-9(12(15)17-3)10(14)6-11(8)16-2/h5-7,14H,4,13H2,1-3H3. The van der Waals surface area contributed by atoms with Gasteiger partial charge in [0.15, 0.2) is 0 Å². The molecule has 0 aromatic heterocycles. The number of methoxy groups -OCH3 is 2. The molecule has 1 aromatic carbocycles. The zero-order valence-electron chi connectivity index (χ0n) is 10.2. The lowest BCUT2D eigenvalue weighted by atomic mass is 10.0. The smallest absolute Gasteiger partial charge is 0.341 e. The van der Waals surface area contributed by atoms with Crippen molar-refractivity contribution in [2.45, 2.75) is 19.4 Å². The number of rotatable bonds is 4. The first kappa shape index (κ1) is 13.3. The minimum Gasteiger partial charge on any atom is -0.507 e. The van der Waals surface area contributed by atoms with Gasteiger partial charge in [0, 0.05) is 12.1 Å². The number of phenols is 1. The maximum absolute atomic E-state index is 11.4. The summed E-state index contributed by atoms with van der Waals surface area (Å²) < 4.78 is 9.71. The Morgan fingerprint density at radius 1 is 1.47 bits per heavy atom. The molecule has 1 unspecified atom stereocenters. The third kappa shape index (κ3) is 3.10. The molecule has 0 saturated heterocycles. The van der Waals surface area contributed by atoms with Gasteiger partial charge < -0.3 is 20.3 Å². The van der Waals surface area contributed by atoms with Crippen molar-refractivity contribution < 1.29 is 19.4 Å². The van der Waals surface area contributed by atoms with Crippen LogP contribution in [0.4, 0.5) is 0 Å². The van der Waals surface area contributed by atoms with Crippen molar-refractivity contribution in [2.24, 2.45) is 5.73 Å². The largest absolute Gasteiger partial charge is 0.507 e. The summed E-state index contributed by atoms with van der Waals surface area (Å²) in [6.45, 7) is 1.85. The minimum atomic E-state index is -0.587. The van der Waals surface area contributed by atoms with Crippen LogP contribution in [0.1, 0.15) is 22.8 Å². The molecule has 94 valence electrons. The number of carbonyl (C=O) groups is 1. The van der Waals surface area contributed by atoms with E-state index in [2.05, 4.69) is 4.74 Å². The van der Waals surface area contributed by atoms with Crippen LogP contribution in [0.5, 0.6) is 11.5 Å². The monoisotopic (exact) mass is 239 g/mol. The van der Waals surface area contributed by atoms with E-state index < -0.39 is 5.97 Å². The Hall–Kier alpha value is -1.75. The van der Waals surface area contributed by atoms with Gasteiger partial charge in [-0.1, -0.05) is 0 Å². The summed E-state index contributed by atoms with van der Waals surface area (Å²) in [7, 11) is 2.76. The SMILES string of the molecule is COC(=O)c1cc(CC(C)N)c(OC)cc1O. The van der Waals surface area contributed by atoms with Crippen LogP contribution in [0.15, 0.2) is 12.1 Å². The van der Waals surface area contributed by atoms with Gasteiger partial charge in [-0.05, 0) is 25.0 Å². The highest BCUT2D eigenvalue weighted by molar-refractivity contribution is 5.92. The van der Waals surface area contributed by atoms with Gasteiger partial charge in [0.2, 0.25) is 0 Å². The molecule has 17 heavy (non-hydrogen) atoms. The predicted molar refractivity (Wildman–Crippen MR) is 63.4 cm³/mol. The van der Waals surface area contributed by atoms with Crippen molar-refractivity contribution in [2.75, 3.05) is 14.2 Å². The summed E-state index contributed by atoms with van der Waals surface area (Å²) in [6.07, 6.45) is 0.549. The molecule has 1 aromatic rings. The van der Waals surface area contributed by atoms with Crippen LogP contribution in [0.2, 0.25) is 0 Å². The van der Waals surface area contributed by atoms with E-state index in [9.17, 15) is 9.90 Å². The summed E-state index contributed by atoms with van der Waals surface area (Å²) >= 11 is 0. The normalized spacial score (nSPS) is 12.0. The van der Waals surface area contributed by atoms with Gasteiger partial charge in [-0.3, -0.25) is 0 Å². The van der Waals surface area contributed by atoms with Crippen LogP contribution in [0.25, 0.3) is 0 Å². The molecule has 0 saturated carbocycles. The summed E-state index contributed by atoms with van der Waals surface area (Å²) in [5.74, 6) is -0.245. The Labute approximate surface area is 100 Å². The van der Waals surface area contributed by atoms with E-state index in [1.165, 1.54) is 20.3 Å². The number of hydrogen-bond donors (Lipinski definition) is 2. The van der Waals surface area contributed by atoms with Gasteiger partial charge in [-0.25, -0.2) is 4.79 Å². The second-order valence-corrected chi connectivity index (χ2v) is 3.85. The van der Waals surface area contributed by atoms with Crippen molar-refractivity contribution in [1.29, 1.82) is 0 Å². The van der Waals surface area contributed by atoms with Crippen LogP contribution in [0, 0.1) is 0 Å². The number of nitrogens with two attached hydrogens (primary N) is 1. The highest BCUT2D eigenvalue weighted by Crippen LogP contribution is 2.29. The first-order valence-corrected chi connectivity index (χ1v) is 5.23. The fourth-order valence-corrected chi connectivity index (χ4v) is 1.58. The highest BCUT2D eigenvalue weighted by atomic mass is 16.5. The van der Waals surface area contributed by atoms with Crippen molar-refractivity contribution in [1.82, 2.24) is 0 Å². The number of phenolic OH excluding ortho intramolecular Hbond substituents is 1. The topological polar surface area (TPSA) is 81.8 Å².